The van der Waals surface area contributed by atoms with Crippen LogP contribution in [-0.2, 0) is 9.59 Å². The first-order valence-corrected chi connectivity index (χ1v) is 9.53. The molecule has 0 saturated carbocycles. The fourth-order valence-corrected chi connectivity index (χ4v) is 2.93. The number of benzene rings is 1. The molecule has 0 aliphatic heterocycles. The highest BCUT2D eigenvalue weighted by Crippen LogP contribution is 2.24. The van der Waals surface area contributed by atoms with Crippen molar-refractivity contribution in [1.29, 1.82) is 0 Å². The molecule has 1 unspecified atom stereocenters. The molecule has 0 fully saturated rings. The number of anilines is 1. The quantitative estimate of drug-likeness (QED) is 0.680. The van der Waals surface area contributed by atoms with Crippen LogP contribution >= 0.6 is 35.9 Å². The Hall–Kier alpha value is -0.890. The van der Waals surface area contributed by atoms with E-state index < -0.39 is 6.04 Å². The number of amides is 2. The maximum Gasteiger partial charge on any atom is 0.244 e. The molecule has 0 aliphatic rings. The van der Waals surface area contributed by atoms with Gasteiger partial charge < -0.3 is 16.0 Å². The van der Waals surface area contributed by atoms with Gasteiger partial charge in [-0.05, 0) is 36.8 Å². The van der Waals surface area contributed by atoms with E-state index in [0.717, 1.165) is 16.3 Å². The van der Waals surface area contributed by atoms with Crippen molar-refractivity contribution in [1.82, 2.24) is 4.90 Å². The molecule has 130 valence electrons. The molecule has 1 aromatic carbocycles. The fraction of sp³-hybridized carbons (Fsp3) is 0.467. The van der Waals surface area contributed by atoms with E-state index in [1.54, 1.807) is 30.6 Å². The topological polar surface area (TPSA) is 75.4 Å². The lowest BCUT2D eigenvalue weighted by atomic mass is 10.2. The van der Waals surface area contributed by atoms with E-state index in [0.29, 0.717) is 6.42 Å². The summed E-state index contributed by atoms with van der Waals surface area (Å²) in [6.45, 7) is -0.00544. The first-order chi connectivity index (χ1) is 10.5. The number of para-hydroxylation sites is 1. The molecule has 3 N–H and O–H groups in total. The molecular weight excluding hydrogens is 354 g/mol. The molecule has 23 heavy (non-hydrogen) atoms. The largest absolute Gasteiger partial charge is 0.335 e. The number of nitrogens with two attached hydrogens (primary N) is 1. The Morgan fingerprint density at radius 3 is 2.57 bits per heavy atom. The van der Waals surface area contributed by atoms with Gasteiger partial charge in [-0.3, -0.25) is 9.59 Å². The van der Waals surface area contributed by atoms with Crippen LogP contribution in [0.5, 0.6) is 0 Å². The van der Waals surface area contributed by atoms with Crippen LogP contribution in [0.3, 0.4) is 0 Å². The molecule has 1 rings (SSSR count). The zero-order chi connectivity index (χ0) is 16.5. The number of rotatable bonds is 8. The highest BCUT2D eigenvalue weighted by atomic mass is 35.5. The Morgan fingerprint density at radius 1 is 1.30 bits per heavy atom. The van der Waals surface area contributed by atoms with Gasteiger partial charge in [0.15, 0.2) is 0 Å². The average molecular weight is 378 g/mol. The Balaban J connectivity index is 0.00000484. The Labute approximate surface area is 152 Å². The number of nitrogens with zero attached hydrogens (tertiary/aromatic N) is 1. The molecule has 2 amide bonds. The summed E-state index contributed by atoms with van der Waals surface area (Å²) in [6, 6.07) is 7.01. The molecule has 0 saturated heterocycles. The maximum atomic E-state index is 12.1. The van der Waals surface area contributed by atoms with E-state index in [-0.39, 0.29) is 30.8 Å². The summed E-state index contributed by atoms with van der Waals surface area (Å²) in [7, 11) is 1.60. The van der Waals surface area contributed by atoms with E-state index >= 15 is 0 Å². The summed E-state index contributed by atoms with van der Waals surface area (Å²) < 4.78 is 0. The lowest BCUT2D eigenvalue weighted by Crippen LogP contribution is -2.45. The second kappa shape index (κ2) is 11.6. The van der Waals surface area contributed by atoms with E-state index in [2.05, 4.69) is 5.32 Å². The Bertz CT molecular complexity index is 517. The predicted molar refractivity (Wildman–Crippen MR) is 103 cm³/mol. The summed E-state index contributed by atoms with van der Waals surface area (Å²) >= 11 is 3.21. The number of thioether (sulfide) groups is 2. The predicted octanol–water partition coefficient (Wildman–Crippen LogP) is 2.31. The van der Waals surface area contributed by atoms with Crippen molar-refractivity contribution in [2.75, 3.05) is 37.2 Å². The molecule has 0 spiro atoms. The molecule has 0 aliphatic carbocycles. The summed E-state index contributed by atoms with van der Waals surface area (Å²) in [5, 5.41) is 2.83. The van der Waals surface area contributed by atoms with Crippen LogP contribution in [0.1, 0.15) is 6.42 Å². The number of carbonyl (C=O) groups excluding carboxylic acids is 2. The lowest BCUT2D eigenvalue weighted by Gasteiger charge is -2.21. The van der Waals surface area contributed by atoms with Crippen LogP contribution in [0.4, 0.5) is 5.69 Å². The third kappa shape index (κ3) is 7.48. The minimum atomic E-state index is -0.552. The zero-order valence-electron chi connectivity index (χ0n) is 13.6. The van der Waals surface area contributed by atoms with Crippen molar-refractivity contribution >= 4 is 53.4 Å². The van der Waals surface area contributed by atoms with Crippen LogP contribution in [0, 0.1) is 0 Å². The molecule has 8 heteroatoms. The van der Waals surface area contributed by atoms with Crippen molar-refractivity contribution in [3.05, 3.63) is 24.3 Å². The van der Waals surface area contributed by atoms with Crippen LogP contribution < -0.4 is 11.1 Å². The van der Waals surface area contributed by atoms with Crippen molar-refractivity contribution in [2.45, 2.75) is 17.4 Å². The molecular formula is C15H24ClN3O2S2. The Kier molecular flexibility index (Phi) is 11.2. The van der Waals surface area contributed by atoms with Gasteiger partial charge in [-0.1, -0.05) is 12.1 Å². The second-order valence-corrected chi connectivity index (χ2v) is 6.66. The number of likely N-dealkylation sites (N-methyl/N-ethyl adjacent to an activating group) is 1. The molecule has 0 heterocycles. The monoisotopic (exact) mass is 377 g/mol. The summed E-state index contributed by atoms with van der Waals surface area (Å²) in [5.74, 6) is 0.394. The highest BCUT2D eigenvalue weighted by molar-refractivity contribution is 7.98. The van der Waals surface area contributed by atoms with Crippen LogP contribution in [-0.4, -0.2) is 54.6 Å². The van der Waals surface area contributed by atoms with Gasteiger partial charge in [0, 0.05) is 11.9 Å². The Morgan fingerprint density at radius 2 is 1.96 bits per heavy atom. The van der Waals surface area contributed by atoms with Crippen molar-refractivity contribution in [3.63, 3.8) is 0 Å². The summed E-state index contributed by atoms with van der Waals surface area (Å²) in [5.41, 5.74) is 6.60. The molecule has 0 radical (unpaired) electrons. The van der Waals surface area contributed by atoms with Gasteiger partial charge in [0.25, 0.3) is 0 Å². The highest BCUT2D eigenvalue weighted by Gasteiger charge is 2.19. The van der Waals surface area contributed by atoms with Gasteiger partial charge >= 0.3 is 0 Å². The summed E-state index contributed by atoms with van der Waals surface area (Å²) in [4.78, 5) is 26.5. The van der Waals surface area contributed by atoms with E-state index in [9.17, 15) is 9.59 Å². The number of halogens is 1. The number of hydrogen-bond donors (Lipinski definition) is 2. The molecule has 0 aromatic heterocycles. The minimum Gasteiger partial charge on any atom is -0.335 e. The lowest BCUT2D eigenvalue weighted by molar-refractivity contribution is -0.134. The maximum absolute atomic E-state index is 12.1. The summed E-state index contributed by atoms with van der Waals surface area (Å²) in [6.07, 6.45) is 4.53. The van der Waals surface area contributed by atoms with Crippen LogP contribution in [0.2, 0.25) is 0 Å². The third-order valence-corrected chi connectivity index (χ3v) is 4.53. The zero-order valence-corrected chi connectivity index (χ0v) is 16.0. The van der Waals surface area contributed by atoms with Gasteiger partial charge in [0.1, 0.15) is 0 Å². The molecule has 1 atom stereocenters. The number of carbonyl (C=O) groups is 2. The van der Waals surface area contributed by atoms with Gasteiger partial charge in [-0.15, -0.1) is 24.2 Å². The van der Waals surface area contributed by atoms with Gasteiger partial charge in [-0.2, -0.15) is 11.8 Å². The number of hydrogen-bond acceptors (Lipinski definition) is 5. The smallest absolute Gasteiger partial charge is 0.244 e. The average Bonchev–Trinajstić information content (AvgIpc) is 2.52. The minimum absolute atomic E-state index is 0. The van der Waals surface area contributed by atoms with E-state index in [4.69, 9.17) is 5.73 Å². The normalized spacial score (nSPS) is 11.3. The van der Waals surface area contributed by atoms with Crippen molar-refractivity contribution in [3.8, 4) is 0 Å². The van der Waals surface area contributed by atoms with Gasteiger partial charge in [0.05, 0.1) is 18.3 Å². The van der Waals surface area contributed by atoms with E-state index in [1.807, 2.05) is 36.8 Å². The third-order valence-electron chi connectivity index (χ3n) is 3.09. The molecule has 0 bridgehead atoms. The first-order valence-electron chi connectivity index (χ1n) is 6.92. The molecule has 1 aromatic rings. The van der Waals surface area contributed by atoms with Gasteiger partial charge in [-0.25, -0.2) is 0 Å². The van der Waals surface area contributed by atoms with Crippen molar-refractivity contribution in [2.24, 2.45) is 5.73 Å². The van der Waals surface area contributed by atoms with Crippen LogP contribution in [0.25, 0.3) is 0 Å². The standard InChI is InChI=1S/C15H23N3O2S2.ClH/c1-18(15(20)11(16)8-9-21-2)10-14(19)17-12-6-4-5-7-13(12)22-3;/h4-7,11H,8-10,16H2,1-3H3,(H,17,19);1H. The SMILES string of the molecule is CSCCC(N)C(=O)N(C)CC(=O)Nc1ccccc1SC.Cl. The van der Waals surface area contributed by atoms with Crippen molar-refractivity contribution < 1.29 is 9.59 Å². The second-order valence-electron chi connectivity index (χ2n) is 4.83. The number of nitrogens with one attached hydrogen (secondary N) is 1. The first kappa shape index (κ1) is 22.1. The van der Waals surface area contributed by atoms with E-state index in [1.165, 1.54) is 4.90 Å². The van der Waals surface area contributed by atoms with Gasteiger partial charge in [0.2, 0.25) is 11.8 Å². The molecule has 5 nitrogen and oxygen atoms in total. The van der Waals surface area contributed by atoms with Crippen LogP contribution in [0.15, 0.2) is 29.2 Å². The fourth-order valence-electron chi connectivity index (χ4n) is 1.88.